The van der Waals surface area contributed by atoms with Gasteiger partial charge in [0.05, 0.1) is 11.6 Å². The van der Waals surface area contributed by atoms with Crippen LogP contribution in [0.15, 0.2) is 36.3 Å². The second-order valence-electron chi connectivity index (χ2n) is 4.43. The molecular weight excluding hydrogens is 288 g/mol. The molecule has 1 aliphatic heterocycles. The van der Waals surface area contributed by atoms with Crippen LogP contribution in [0.25, 0.3) is 0 Å². The van der Waals surface area contributed by atoms with Crippen molar-refractivity contribution in [2.45, 2.75) is 13.0 Å². The Hall–Kier alpha value is -3.01. The number of ether oxygens (including phenoxy) is 3. The van der Waals surface area contributed by atoms with E-state index < -0.39 is 18.0 Å². The summed E-state index contributed by atoms with van der Waals surface area (Å²) in [7, 11) is 0. The lowest BCUT2D eigenvalue weighted by molar-refractivity contribution is -0.153. The number of rotatable bonds is 4. The molecular formula is C15H14N2O5. The van der Waals surface area contributed by atoms with Gasteiger partial charge in [0, 0.05) is 5.69 Å². The van der Waals surface area contributed by atoms with Gasteiger partial charge in [-0.05, 0) is 31.2 Å². The number of hydrogen-bond donors (Lipinski definition) is 1. The van der Waals surface area contributed by atoms with Gasteiger partial charge in [0.1, 0.15) is 19.5 Å². The minimum Gasteiger partial charge on any atom is -0.493 e. The minimum atomic E-state index is -1.01. The highest BCUT2D eigenvalue weighted by Gasteiger charge is 2.23. The largest absolute Gasteiger partial charge is 0.493 e. The van der Waals surface area contributed by atoms with Crippen LogP contribution in [0.4, 0.5) is 5.69 Å². The molecule has 1 unspecified atom stereocenters. The molecule has 7 nitrogen and oxygen atoms in total. The molecule has 0 radical (unpaired) electrons. The molecule has 0 aliphatic carbocycles. The van der Waals surface area contributed by atoms with Crippen LogP contribution in [0.3, 0.4) is 0 Å². The summed E-state index contributed by atoms with van der Waals surface area (Å²) < 4.78 is 15.0. The minimum absolute atomic E-state index is 0.0655. The van der Waals surface area contributed by atoms with Gasteiger partial charge in [-0.2, -0.15) is 5.26 Å². The molecule has 1 N–H and O–H groups in total. The Morgan fingerprint density at radius 1 is 1.32 bits per heavy atom. The van der Waals surface area contributed by atoms with E-state index in [-0.39, 0.29) is 12.4 Å². The summed E-state index contributed by atoms with van der Waals surface area (Å²) in [6.45, 7) is 2.07. The van der Waals surface area contributed by atoms with Crippen LogP contribution in [0.5, 0.6) is 0 Å². The first-order valence-electron chi connectivity index (χ1n) is 6.56. The Bertz CT molecular complexity index is 630. The fourth-order valence-corrected chi connectivity index (χ4v) is 1.62. The maximum absolute atomic E-state index is 11.9. The zero-order valence-corrected chi connectivity index (χ0v) is 11.9. The monoisotopic (exact) mass is 302 g/mol. The highest BCUT2D eigenvalue weighted by atomic mass is 16.6. The SMILES string of the molecule is CC(OC(=O)C1=COCCO1)C(=O)Nc1ccc(C#N)cc1. The maximum atomic E-state index is 11.9. The van der Waals surface area contributed by atoms with Crippen molar-refractivity contribution in [3.63, 3.8) is 0 Å². The lowest BCUT2D eigenvalue weighted by Crippen LogP contribution is -2.31. The van der Waals surface area contributed by atoms with Gasteiger partial charge in [0.25, 0.3) is 5.91 Å². The predicted molar refractivity (Wildman–Crippen MR) is 75.3 cm³/mol. The third-order valence-electron chi connectivity index (χ3n) is 2.78. The molecule has 1 atom stereocenters. The van der Waals surface area contributed by atoms with E-state index in [0.29, 0.717) is 17.9 Å². The zero-order chi connectivity index (χ0) is 15.9. The van der Waals surface area contributed by atoms with E-state index in [1.54, 1.807) is 24.3 Å². The van der Waals surface area contributed by atoms with Crippen molar-refractivity contribution in [3.05, 3.63) is 41.9 Å². The summed E-state index contributed by atoms with van der Waals surface area (Å²) in [6.07, 6.45) is 0.159. The van der Waals surface area contributed by atoms with Crippen molar-refractivity contribution in [1.82, 2.24) is 0 Å². The van der Waals surface area contributed by atoms with Gasteiger partial charge in [0.2, 0.25) is 5.76 Å². The van der Waals surface area contributed by atoms with E-state index in [2.05, 4.69) is 5.32 Å². The summed E-state index contributed by atoms with van der Waals surface area (Å²) in [5.41, 5.74) is 0.988. The van der Waals surface area contributed by atoms with Crippen LogP contribution in [-0.2, 0) is 23.8 Å². The number of benzene rings is 1. The van der Waals surface area contributed by atoms with E-state index in [0.717, 1.165) is 6.26 Å². The molecule has 0 fully saturated rings. The quantitative estimate of drug-likeness (QED) is 0.842. The number of nitrogens with one attached hydrogen (secondary N) is 1. The van der Waals surface area contributed by atoms with Gasteiger partial charge >= 0.3 is 5.97 Å². The smallest absolute Gasteiger partial charge is 0.377 e. The number of anilines is 1. The zero-order valence-electron chi connectivity index (χ0n) is 11.9. The normalized spacial score (nSPS) is 14.5. The van der Waals surface area contributed by atoms with Crippen molar-refractivity contribution >= 4 is 17.6 Å². The standard InChI is InChI=1S/C15H14N2O5/c1-10(22-15(19)13-9-20-6-7-21-13)14(18)17-12-4-2-11(8-16)3-5-12/h2-5,9-10H,6-7H2,1H3,(H,17,18). The van der Waals surface area contributed by atoms with E-state index in [1.807, 2.05) is 6.07 Å². The Kier molecular flexibility index (Phi) is 4.98. The molecule has 0 saturated carbocycles. The lowest BCUT2D eigenvalue weighted by atomic mass is 10.2. The number of hydrogen-bond acceptors (Lipinski definition) is 6. The molecule has 22 heavy (non-hydrogen) atoms. The van der Waals surface area contributed by atoms with Gasteiger partial charge in [0.15, 0.2) is 6.10 Å². The summed E-state index contributed by atoms with van der Waals surface area (Å²) >= 11 is 0. The Labute approximate surface area is 127 Å². The highest BCUT2D eigenvalue weighted by molar-refractivity contribution is 5.96. The van der Waals surface area contributed by atoms with Crippen molar-refractivity contribution in [2.24, 2.45) is 0 Å². The van der Waals surface area contributed by atoms with E-state index in [1.165, 1.54) is 6.92 Å². The number of amides is 1. The Morgan fingerprint density at radius 3 is 2.64 bits per heavy atom. The summed E-state index contributed by atoms with van der Waals surface area (Å²) in [4.78, 5) is 23.7. The number of nitrogens with zero attached hydrogens (tertiary/aromatic N) is 1. The topological polar surface area (TPSA) is 97.7 Å². The molecule has 0 saturated heterocycles. The van der Waals surface area contributed by atoms with Gasteiger partial charge in [-0.15, -0.1) is 0 Å². The number of carbonyl (C=O) groups is 2. The van der Waals surface area contributed by atoms with Gasteiger partial charge < -0.3 is 19.5 Å². The molecule has 0 bridgehead atoms. The van der Waals surface area contributed by atoms with Crippen molar-refractivity contribution < 1.29 is 23.8 Å². The molecule has 1 amide bonds. The van der Waals surface area contributed by atoms with Crippen molar-refractivity contribution in [3.8, 4) is 6.07 Å². The first kappa shape index (κ1) is 15.4. The molecule has 0 spiro atoms. The first-order valence-corrected chi connectivity index (χ1v) is 6.56. The van der Waals surface area contributed by atoms with Crippen molar-refractivity contribution in [2.75, 3.05) is 18.5 Å². The maximum Gasteiger partial charge on any atom is 0.377 e. The van der Waals surface area contributed by atoms with Crippen LogP contribution >= 0.6 is 0 Å². The van der Waals surface area contributed by atoms with Crippen LogP contribution in [0.2, 0.25) is 0 Å². The first-order chi connectivity index (χ1) is 10.6. The molecule has 1 aliphatic rings. The second-order valence-corrected chi connectivity index (χ2v) is 4.43. The summed E-state index contributed by atoms with van der Waals surface area (Å²) in [5.74, 6) is -1.32. The average Bonchev–Trinajstić information content (AvgIpc) is 2.56. The van der Waals surface area contributed by atoms with E-state index >= 15 is 0 Å². The Balaban J connectivity index is 1.89. The van der Waals surface area contributed by atoms with Gasteiger partial charge in [-0.25, -0.2) is 4.79 Å². The Morgan fingerprint density at radius 2 is 2.05 bits per heavy atom. The molecule has 1 heterocycles. The van der Waals surface area contributed by atoms with Crippen LogP contribution in [0, 0.1) is 11.3 Å². The van der Waals surface area contributed by atoms with Crippen molar-refractivity contribution in [1.29, 1.82) is 5.26 Å². The average molecular weight is 302 g/mol. The number of nitriles is 1. The molecule has 1 aromatic rings. The van der Waals surface area contributed by atoms with E-state index in [9.17, 15) is 9.59 Å². The second kappa shape index (κ2) is 7.13. The number of carbonyl (C=O) groups excluding carboxylic acids is 2. The fourth-order valence-electron chi connectivity index (χ4n) is 1.62. The third-order valence-corrected chi connectivity index (χ3v) is 2.78. The molecule has 7 heteroatoms. The lowest BCUT2D eigenvalue weighted by Gasteiger charge is -2.17. The molecule has 0 aromatic heterocycles. The van der Waals surface area contributed by atoms with Crippen LogP contribution in [0.1, 0.15) is 12.5 Å². The van der Waals surface area contributed by atoms with Crippen LogP contribution in [-0.4, -0.2) is 31.2 Å². The summed E-state index contributed by atoms with van der Waals surface area (Å²) in [5, 5.41) is 11.3. The van der Waals surface area contributed by atoms with Gasteiger partial charge in [-0.3, -0.25) is 4.79 Å². The third kappa shape index (κ3) is 3.99. The molecule has 114 valence electrons. The predicted octanol–water partition coefficient (Wildman–Crippen LogP) is 1.32. The molecule has 1 aromatic carbocycles. The molecule has 2 rings (SSSR count). The van der Waals surface area contributed by atoms with E-state index in [4.69, 9.17) is 19.5 Å². The highest BCUT2D eigenvalue weighted by Crippen LogP contribution is 2.11. The van der Waals surface area contributed by atoms with Crippen LogP contribution < -0.4 is 5.32 Å². The van der Waals surface area contributed by atoms with Gasteiger partial charge in [-0.1, -0.05) is 0 Å². The number of esters is 1. The fraction of sp³-hybridized carbons (Fsp3) is 0.267. The summed E-state index contributed by atoms with van der Waals surface area (Å²) in [6, 6.07) is 8.30.